The van der Waals surface area contributed by atoms with Crippen LogP contribution in [0.3, 0.4) is 0 Å². The smallest absolute Gasteiger partial charge is 0.417 e. The van der Waals surface area contributed by atoms with E-state index in [1.807, 2.05) is 76.4 Å². The lowest BCUT2D eigenvalue weighted by molar-refractivity contribution is -0.149. The van der Waals surface area contributed by atoms with E-state index in [2.05, 4.69) is 15.0 Å². The number of hydrogen-bond acceptors (Lipinski definition) is 6. The number of aryl methyl sites for hydroxylation is 1. The van der Waals surface area contributed by atoms with Crippen molar-refractivity contribution in [3.63, 3.8) is 0 Å². The van der Waals surface area contributed by atoms with Crippen molar-refractivity contribution >= 4 is 22.7 Å². The zero-order chi connectivity index (χ0) is 37.1. The lowest BCUT2D eigenvalue weighted by Gasteiger charge is -2.28. The fraction of sp³-hybridized carbons (Fsp3) is 0.375. The first-order valence-corrected chi connectivity index (χ1v) is 17.0. The molecule has 5 rings (SSSR count). The van der Waals surface area contributed by atoms with Gasteiger partial charge in [-0.3, -0.25) is 24.5 Å². The van der Waals surface area contributed by atoms with Gasteiger partial charge < -0.3 is 14.4 Å². The Kier molecular flexibility index (Phi) is 10.7. The maximum atomic E-state index is 14.3. The molecule has 0 amide bonds. The molecule has 0 aliphatic rings. The molecule has 0 aliphatic carbocycles. The Labute approximate surface area is 295 Å². The van der Waals surface area contributed by atoms with Crippen LogP contribution < -0.4 is 4.74 Å². The molecule has 0 aliphatic heterocycles. The minimum absolute atomic E-state index is 0.0852. The van der Waals surface area contributed by atoms with Crippen LogP contribution >= 0.6 is 0 Å². The van der Waals surface area contributed by atoms with Gasteiger partial charge in [-0.2, -0.15) is 13.2 Å². The van der Waals surface area contributed by atoms with E-state index >= 15 is 0 Å². The number of aliphatic carboxylic acids is 1. The third-order valence-corrected chi connectivity index (χ3v) is 9.33. The highest BCUT2D eigenvalue weighted by Crippen LogP contribution is 2.40. The van der Waals surface area contributed by atoms with Crippen LogP contribution in [0.5, 0.6) is 5.75 Å². The first-order valence-electron chi connectivity index (χ1n) is 17.0. The Balaban J connectivity index is 1.62. The second-order valence-electron chi connectivity index (χ2n) is 14.3. The molecule has 3 heterocycles. The van der Waals surface area contributed by atoms with Gasteiger partial charge in [-0.25, -0.2) is 0 Å². The number of carboxylic acid groups (broad SMARTS) is 1. The van der Waals surface area contributed by atoms with Gasteiger partial charge >= 0.3 is 12.1 Å². The third kappa shape index (κ3) is 8.46. The molecular formula is C40H43F3N4O4. The first-order chi connectivity index (χ1) is 24.0. The molecule has 51 heavy (non-hydrogen) atoms. The Hall–Kier alpha value is -5.06. The SMILES string of the molecule is CCC(CC)(Cc1c(C(=O)CC(C)(C)C)c2cc(OCc3cnc(C)cn3)ccc2n1Cc1ccc(-c2ccc(C(F)(F)F)cn2)cc1)C(=O)O. The highest BCUT2D eigenvalue weighted by molar-refractivity contribution is 6.10. The van der Waals surface area contributed by atoms with Crippen LogP contribution in [0.4, 0.5) is 13.2 Å². The van der Waals surface area contributed by atoms with Crippen molar-refractivity contribution < 1.29 is 32.6 Å². The summed E-state index contributed by atoms with van der Waals surface area (Å²) in [7, 11) is 0. The molecule has 1 N–H and O–H groups in total. The molecule has 0 saturated carbocycles. The molecule has 5 aromatic rings. The molecule has 0 unspecified atom stereocenters. The van der Waals surface area contributed by atoms with E-state index in [0.717, 1.165) is 29.0 Å². The number of benzene rings is 2. The van der Waals surface area contributed by atoms with Crippen LogP contribution in [0.25, 0.3) is 22.2 Å². The Morgan fingerprint density at radius 2 is 1.59 bits per heavy atom. The van der Waals surface area contributed by atoms with Crippen LogP contribution in [-0.4, -0.2) is 36.4 Å². The summed E-state index contributed by atoms with van der Waals surface area (Å²) in [6.07, 6.45) is 0.785. The highest BCUT2D eigenvalue weighted by atomic mass is 19.4. The molecule has 0 bridgehead atoms. The number of ether oxygens (including phenoxy) is 1. The van der Waals surface area contributed by atoms with Crippen molar-refractivity contribution in [1.82, 2.24) is 19.5 Å². The molecule has 0 fully saturated rings. The molecule has 3 aromatic heterocycles. The second-order valence-corrected chi connectivity index (χ2v) is 14.3. The molecular weight excluding hydrogens is 657 g/mol. The highest BCUT2D eigenvalue weighted by Gasteiger charge is 2.39. The fourth-order valence-electron chi connectivity index (χ4n) is 6.27. The lowest BCUT2D eigenvalue weighted by Crippen LogP contribution is -2.33. The van der Waals surface area contributed by atoms with E-state index in [1.165, 1.54) is 6.07 Å². The third-order valence-electron chi connectivity index (χ3n) is 9.33. The van der Waals surface area contributed by atoms with Gasteiger partial charge in [0, 0.05) is 59.5 Å². The van der Waals surface area contributed by atoms with Crippen molar-refractivity contribution in [3.8, 4) is 17.0 Å². The maximum absolute atomic E-state index is 14.3. The van der Waals surface area contributed by atoms with Gasteiger partial charge in [0.05, 0.1) is 34.3 Å². The van der Waals surface area contributed by atoms with E-state index in [0.29, 0.717) is 58.7 Å². The molecule has 8 nitrogen and oxygen atoms in total. The molecule has 0 atom stereocenters. The molecule has 0 spiro atoms. The average molecular weight is 701 g/mol. The number of Topliss-reactive ketones (excluding diaryl/α,β-unsaturated/α-hetero) is 1. The fourth-order valence-corrected chi connectivity index (χ4v) is 6.27. The van der Waals surface area contributed by atoms with Gasteiger partial charge in [0.1, 0.15) is 12.4 Å². The quantitative estimate of drug-likeness (QED) is 0.122. The summed E-state index contributed by atoms with van der Waals surface area (Å²) in [6, 6.07) is 15.2. The topological polar surface area (TPSA) is 107 Å². The number of halogens is 3. The zero-order valence-electron chi connectivity index (χ0n) is 29.8. The summed E-state index contributed by atoms with van der Waals surface area (Å²) in [5.74, 6) is -0.476. The minimum atomic E-state index is -4.48. The summed E-state index contributed by atoms with van der Waals surface area (Å²) in [5.41, 5.74) is 2.96. The van der Waals surface area contributed by atoms with Crippen LogP contribution in [0.2, 0.25) is 0 Å². The Morgan fingerprint density at radius 3 is 2.14 bits per heavy atom. The number of nitrogens with zero attached hydrogens (tertiary/aromatic N) is 4. The van der Waals surface area contributed by atoms with E-state index in [9.17, 15) is 27.9 Å². The summed E-state index contributed by atoms with van der Waals surface area (Å²) in [6.45, 7) is 12.0. The standard InChI is InChI=1S/C40H43F3N4O4/c1-7-39(8-2,37(49)50)18-34-36(35(48)19-38(4,5)6)31-17-30(51-24-29-22-44-25(3)20-45-29)14-16-33(31)47(34)23-26-9-11-27(12-10-26)32-15-13-28(21-46-32)40(41,42)43/h9-17,20-22H,7-8,18-19,23-24H2,1-6H3,(H,49,50). The molecule has 0 radical (unpaired) electrons. The van der Waals surface area contributed by atoms with Gasteiger partial charge in [0.2, 0.25) is 0 Å². The number of carbonyl (C=O) groups excluding carboxylic acids is 1. The Morgan fingerprint density at radius 1 is 0.882 bits per heavy atom. The van der Waals surface area contributed by atoms with E-state index in [4.69, 9.17) is 4.74 Å². The number of pyridine rings is 1. The van der Waals surface area contributed by atoms with Crippen LogP contribution in [0, 0.1) is 17.8 Å². The van der Waals surface area contributed by atoms with Crippen LogP contribution in [-0.2, 0) is 30.5 Å². The van der Waals surface area contributed by atoms with Crippen molar-refractivity contribution in [3.05, 3.63) is 107 Å². The first kappa shape index (κ1) is 37.2. The average Bonchev–Trinajstić information content (AvgIpc) is 3.37. The number of fused-ring (bicyclic) bond motifs is 1. The van der Waals surface area contributed by atoms with Crippen LogP contribution in [0.1, 0.15) is 92.4 Å². The summed E-state index contributed by atoms with van der Waals surface area (Å²) >= 11 is 0. The second kappa shape index (κ2) is 14.7. The summed E-state index contributed by atoms with van der Waals surface area (Å²) in [4.78, 5) is 39.8. The van der Waals surface area contributed by atoms with Gasteiger partial charge in [-0.15, -0.1) is 0 Å². The normalized spacial score (nSPS) is 12.3. The van der Waals surface area contributed by atoms with Crippen molar-refractivity contribution in [2.75, 3.05) is 0 Å². The number of ketones is 1. The van der Waals surface area contributed by atoms with E-state index in [1.54, 1.807) is 24.5 Å². The van der Waals surface area contributed by atoms with E-state index in [-0.39, 0.29) is 30.6 Å². The molecule has 11 heteroatoms. The van der Waals surface area contributed by atoms with Gasteiger partial charge in [0.15, 0.2) is 5.78 Å². The molecule has 268 valence electrons. The monoisotopic (exact) mass is 700 g/mol. The van der Waals surface area contributed by atoms with Gasteiger partial charge in [0.25, 0.3) is 0 Å². The zero-order valence-corrected chi connectivity index (χ0v) is 29.8. The number of hydrogen-bond donors (Lipinski definition) is 1. The molecule has 0 saturated heterocycles. The Bertz CT molecular complexity index is 2010. The number of carbonyl (C=O) groups is 2. The van der Waals surface area contributed by atoms with Crippen molar-refractivity contribution in [1.29, 1.82) is 0 Å². The molecule has 2 aromatic carbocycles. The number of rotatable bonds is 13. The number of alkyl halides is 3. The maximum Gasteiger partial charge on any atom is 0.417 e. The summed E-state index contributed by atoms with van der Waals surface area (Å²) in [5, 5.41) is 11.2. The van der Waals surface area contributed by atoms with Crippen LogP contribution in [0.15, 0.2) is 73.2 Å². The van der Waals surface area contributed by atoms with Gasteiger partial charge in [-0.1, -0.05) is 58.9 Å². The van der Waals surface area contributed by atoms with Crippen molar-refractivity contribution in [2.45, 2.75) is 86.6 Å². The number of aromatic nitrogens is 4. The van der Waals surface area contributed by atoms with Crippen molar-refractivity contribution in [2.24, 2.45) is 10.8 Å². The van der Waals surface area contributed by atoms with E-state index < -0.39 is 23.1 Å². The predicted octanol–water partition coefficient (Wildman–Crippen LogP) is 9.50. The summed E-state index contributed by atoms with van der Waals surface area (Å²) < 4.78 is 47.4. The predicted molar refractivity (Wildman–Crippen MR) is 190 cm³/mol. The number of carboxylic acids is 1. The minimum Gasteiger partial charge on any atom is -0.487 e. The van der Waals surface area contributed by atoms with Gasteiger partial charge in [-0.05, 0) is 61.1 Å². The lowest BCUT2D eigenvalue weighted by atomic mass is 9.77. The largest absolute Gasteiger partial charge is 0.487 e.